The highest BCUT2D eigenvalue weighted by molar-refractivity contribution is 14.1. The van der Waals surface area contributed by atoms with Crippen molar-refractivity contribution < 1.29 is 8.78 Å². The van der Waals surface area contributed by atoms with Gasteiger partial charge in [-0.3, -0.25) is 4.79 Å². The van der Waals surface area contributed by atoms with Crippen LogP contribution < -0.4 is 10.7 Å². The Labute approximate surface area is 138 Å². The molecule has 0 amide bonds. The van der Waals surface area contributed by atoms with Crippen LogP contribution in [-0.2, 0) is 7.05 Å². The van der Waals surface area contributed by atoms with E-state index in [1.165, 1.54) is 24.3 Å². The number of aromatic nitrogens is 1. The van der Waals surface area contributed by atoms with Gasteiger partial charge in [-0.25, -0.2) is 8.78 Å². The summed E-state index contributed by atoms with van der Waals surface area (Å²) < 4.78 is 30.2. The summed E-state index contributed by atoms with van der Waals surface area (Å²) in [7, 11) is 1.72. The molecule has 0 saturated carbocycles. The van der Waals surface area contributed by atoms with Crippen molar-refractivity contribution in [2.75, 3.05) is 5.32 Å². The Hall–Kier alpha value is -1.96. The summed E-state index contributed by atoms with van der Waals surface area (Å²) in [6.45, 7) is 0. The highest BCUT2D eigenvalue weighted by Crippen LogP contribution is 2.27. The third-order valence-corrected chi connectivity index (χ3v) is 4.03. The lowest BCUT2D eigenvalue weighted by Gasteiger charge is -2.12. The minimum absolute atomic E-state index is 0.193. The number of nitrogens with zero attached hydrogens (tertiary/aromatic N) is 1. The summed E-state index contributed by atoms with van der Waals surface area (Å²) in [5.41, 5.74) is 0.636. The molecule has 0 bridgehead atoms. The molecule has 3 aromatic rings. The Morgan fingerprint density at radius 3 is 2.59 bits per heavy atom. The van der Waals surface area contributed by atoms with Crippen LogP contribution in [0, 0.1) is 15.2 Å². The van der Waals surface area contributed by atoms with Crippen molar-refractivity contribution in [1.29, 1.82) is 0 Å². The molecule has 1 aromatic heterocycles. The number of benzene rings is 2. The lowest BCUT2D eigenvalue weighted by atomic mass is 10.1. The smallest absolute Gasteiger partial charge is 0.191 e. The van der Waals surface area contributed by atoms with Crippen molar-refractivity contribution in [2.45, 2.75) is 0 Å². The molecule has 1 N–H and O–H groups in total. The number of hydrogen-bond acceptors (Lipinski definition) is 2. The summed E-state index contributed by atoms with van der Waals surface area (Å²) in [6, 6.07) is 8.53. The molecular formula is C16H11F2IN2O. The fraction of sp³-hybridized carbons (Fsp3) is 0.0625. The van der Waals surface area contributed by atoms with Gasteiger partial charge in [0, 0.05) is 22.9 Å². The van der Waals surface area contributed by atoms with Gasteiger partial charge < -0.3 is 9.88 Å². The quantitative estimate of drug-likeness (QED) is 0.642. The monoisotopic (exact) mass is 412 g/mol. The van der Waals surface area contributed by atoms with Crippen LogP contribution in [0.2, 0.25) is 0 Å². The van der Waals surface area contributed by atoms with E-state index in [9.17, 15) is 13.6 Å². The van der Waals surface area contributed by atoms with Crippen LogP contribution in [0.4, 0.5) is 20.2 Å². The molecule has 0 unspecified atom stereocenters. The third-order valence-electron chi connectivity index (χ3n) is 3.36. The molecule has 0 aliphatic carbocycles. The van der Waals surface area contributed by atoms with Gasteiger partial charge in [0.1, 0.15) is 11.6 Å². The number of fused-ring (bicyclic) bond motifs is 1. The SMILES string of the molecule is Cn1ccc(=O)c2c(Nc3ccc(I)cc3F)cc(F)cc21. The second-order valence-electron chi connectivity index (χ2n) is 4.89. The number of hydrogen-bond donors (Lipinski definition) is 1. The van der Waals surface area contributed by atoms with Gasteiger partial charge in [-0.1, -0.05) is 0 Å². The number of aryl methyl sites for hydroxylation is 1. The van der Waals surface area contributed by atoms with Gasteiger partial charge in [0.2, 0.25) is 0 Å². The molecule has 0 radical (unpaired) electrons. The normalized spacial score (nSPS) is 10.9. The van der Waals surface area contributed by atoms with Crippen molar-refractivity contribution in [1.82, 2.24) is 4.57 Å². The van der Waals surface area contributed by atoms with E-state index in [0.29, 0.717) is 10.9 Å². The van der Waals surface area contributed by atoms with Crippen LogP contribution in [-0.4, -0.2) is 4.57 Å². The van der Waals surface area contributed by atoms with E-state index < -0.39 is 11.6 Å². The molecule has 0 fully saturated rings. The fourth-order valence-corrected chi connectivity index (χ4v) is 2.76. The van der Waals surface area contributed by atoms with Gasteiger partial charge in [0.25, 0.3) is 0 Å². The van der Waals surface area contributed by atoms with Crippen LogP contribution >= 0.6 is 22.6 Å². The van der Waals surface area contributed by atoms with Crippen molar-refractivity contribution in [3.8, 4) is 0 Å². The lowest BCUT2D eigenvalue weighted by molar-refractivity contribution is 0.627. The summed E-state index contributed by atoms with van der Waals surface area (Å²) in [4.78, 5) is 12.1. The molecule has 3 nitrogen and oxygen atoms in total. The molecule has 1 heterocycles. The predicted octanol–water partition coefficient (Wildman–Crippen LogP) is 4.16. The number of pyridine rings is 1. The third kappa shape index (κ3) is 2.70. The second kappa shape index (κ2) is 5.68. The van der Waals surface area contributed by atoms with Crippen LogP contribution in [0.25, 0.3) is 10.9 Å². The van der Waals surface area contributed by atoms with E-state index in [4.69, 9.17) is 0 Å². The van der Waals surface area contributed by atoms with Gasteiger partial charge in [0.15, 0.2) is 5.43 Å². The zero-order valence-electron chi connectivity index (χ0n) is 11.5. The largest absolute Gasteiger partial charge is 0.352 e. The Kier molecular flexibility index (Phi) is 3.86. The summed E-state index contributed by atoms with van der Waals surface area (Å²) in [5, 5.41) is 3.14. The lowest BCUT2D eigenvalue weighted by Crippen LogP contribution is -2.08. The van der Waals surface area contributed by atoms with Crippen molar-refractivity contribution in [3.63, 3.8) is 0 Å². The van der Waals surface area contributed by atoms with Crippen molar-refractivity contribution in [2.24, 2.45) is 7.05 Å². The first-order valence-electron chi connectivity index (χ1n) is 6.46. The fourth-order valence-electron chi connectivity index (χ4n) is 2.31. The standard InChI is InChI=1S/C16H11F2IN2O/c1-21-5-4-15(22)16-13(6-9(17)7-14(16)21)20-12-3-2-10(19)8-11(12)18/h2-8,20H,1H3. The first kappa shape index (κ1) is 15.0. The maximum absolute atomic E-state index is 14.0. The molecule has 112 valence electrons. The minimum Gasteiger partial charge on any atom is -0.352 e. The Bertz CT molecular complexity index is 937. The molecule has 6 heteroatoms. The van der Waals surface area contributed by atoms with E-state index in [2.05, 4.69) is 5.32 Å². The Balaban J connectivity index is 2.22. The highest BCUT2D eigenvalue weighted by Gasteiger charge is 2.11. The zero-order chi connectivity index (χ0) is 15.9. The summed E-state index contributed by atoms with van der Waals surface area (Å²) >= 11 is 2.00. The first-order chi connectivity index (χ1) is 10.5. The van der Waals surface area contributed by atoms with E-state index in [0.717, 1.165) is 3.57 Å². The van der Waals surface area contributed by atoms with E-state index >= 15 is 0 Å². The minimum atomic E-state index is -0.498. The molecule has 0 aliphatic heterocycles. The molecule has 2 aromatic carbocycles. The highest BCUT2D eigenvalue weighted by atomic mass is 127. The number of anilines is 2. The summed E-state index contributed by atoms with van der Waals surface area (Å²) in [5.74, 6) is -0.959. The van der Waals surface area contributed by atoms with Gasteiger partial charge >= 0.3 is 0 Å². The van der Waals surface area contributed by atoms with Gasteiger partial charge in [-0.15, -0.1) is 0 Å². The molecule has 0 saturated heterocycles. The van der Waals surface area contributed by atoms with Crippen LogP contribution in [0.3, 0.4) is 0 Å². The zero-order valence-corrected chi connectivity index (χ0v) is 13.7. The van der Waals surface area contributed by atoms with E-state index in [1.54, 1.807) is 29.9 Å². The number of rotatable bonds is 2. The molecule has 3 rings (SSSR count). The van der Waals surface area contributed by atoms with Gasteiger partial charge in [-0.2, -0.15) is 0 Å². The van der Waals surface area contributed by atoms with E-state index in [-0.39, 0.29) is 16.8 Å². The van der Waals surface area contributed by atoms with Crippen LogP contribution in [0.5, 0.6) is 0 Å². The second-order valence-corrected chi connectivity index (χ2v) is 6.13. The van der Waals surface area contributed by atoms with Gasteiger partial charge in [-0.05, 0) is 52.9 Å². The Morgan fingerprint density at radius 2 is 1.86 bits per heavy atom. The predicted molar refractivity (Wildman–Crippen MR) is 91.5 cm³/mol. The van der Waals surface area contributed by atoms with Crippen LogP contribution in [0.15, 0.2) is 47.4 Å². The average Bonchev–Trinajstić information content (AvgIpc) is 2.45. The Morgan fingerprint density at radius 1 is 1.09 bits per heavy atom. The molecule has 22 heavy (non-hydrogen) atoms. The van der Waals surface area contributed by atoms with E-state index in [1.807, 2.05) is 22.6 Å². The van der Waals surface area contributed by atoms with Gasteiger partial charge in [0.05, 0.1) is 22.3 Å². The molecule has 0 aliphatic rings. The van der Waals surface area contributed by atoms with Crippen LogP contribution in [0.1, 0.15) is 0 Å². The molecular weight excluding hydrogens is 401 g/mol. The number of nitrogens with one attached hydrogen (secondary N) is 1. The number of halogens is 3. The molecule has 0 spiro atoms. The maximum Gasteiger partial charge on any atom is 0.191 e. The summed E-state index contributed by atoms with van der Waals surface area (Å²) in [6.07, 6.45) is 1.57. The average molecular weight is 412 g/mol. The van der Waals surface area contributed by atoms with Crippen molar-refractivity contribution >= 4 is 44.9 Å². The first-order valence-corrected chi connectivity index (χ1v) is 7.54. The topological polar surface area (TPSA) is 34.0 Å². The van der Waals surface area contributed by atoms with Crippen molar-refractivity contribution in [3.05, 3.63) is 68.0 Å². The maximum atomic E-state index is 14.0. The molecule has 0 atom stereocenters.